The molecule has 1 saturated heterocycles. The first kappa shape index (κ1) is 11.9. The van der Waals surface area contributed by atoms with Crippen LogP contribution in [0.15, 0.2) is 30.3 Å². The van der Waals surface area contributed by atoms with Crippen molar-refractivity contribution in [3.05, 3.63) is 35.9 Å². The average Bonchev–Trinajstić information content (AvgIpc) is 2.33. The van der Waals surface area contributed by atoms with Crippen LogP contribution in [-0.2, 0) is 11.3 Å². The lowest BCUT2D eigenvalue weighted by Gasteiger charge is -2.41. The predicted octanol–water partition coefficient (Wildman–Crippen LogP) is 0.247. The molecule has 0 saturated carbocycles. The maximum atomic E-state index is 11.5. The summed E-state index contributed by atoms with van der Waals surface area (Å²) in [6.45, 7) is 1.30. The summed E-state index contributed by atoms with van der Waals surface area (Å²) in [7, 11) is 0. The van der Waals surface area contributed by atoms with Gasteiger partial charge in [0.15, 0.2) is 0 Å². The van der Waals surface area contributed by atoms with Gasteiger partial charge in [0.05, 0.1) is 12.1 Å². The molecular weight excluding hydrogens is 220 g/mol. The molecule has 0 aromatic heterocycles. The van der Waals surface area contributed by atoms with E-state index in [4.69, 9.17) is 9.84 Å². The van der Waals surface area contributed by atoms with Gasteiger partial charge in [-0.15, -0.1) is 0 Å². The molecule has 1 aliphatic rings. The van der Waals surface area contributed by atoms with E-state index in [1.54, 1.807) is 0 Å². The highest BCUT2D eigenvalue weighted by atomic mass is 16.5. The number of aliphatic hydroxyl groups excluding tert-OH is 1. The second-order valence-electron chi connectivity index (χ2n) is 4.23. The second kappa shape index (κ2) is 5.16. The van der Waals surface area contributed by atoms with Crippen LogP contribution in [0.2, 0.25) is 0 Å². The van der Waals surface area contributed by atoms with Crippen LogP contribution in [0.25, 0.3) is 0 Å². The Bertz CT molecular complexity index is 371. The molecule has 1 heterocycles. The van der Waals surface area contributed by atoms with Gasteiger partial charge in [-0.05, 0) is 5.56 Å². The monoisotopic (exact) mass is 236 g/mol. The van der Waals surface area contributed by atoms with Gasteiger partial charge in [-0.25, -0.2) is 4.79 Å². The van der Waals surface area contributed by atoms with Gasteiger partial charge in [-0.3, -0.25) is 0 Å². The lowest BCUT2D eigenvalue weighted by atomic mass is 9.94. The van der Waals surface area contributed by atoms with Gasteiger partial charge >= 0.3 is 6.09 Å². The van der Waals surface area contributed by atoms with E-state index in [1.165, 1.54) is 0 Å². The summed E-state index contributed by atoms with van der Waals surface area (Å²) in [4.78, 5) is 11.5. The van der Waals surface area contributed by atoms with Crippen LogP contribution in [-0.4, -0.2) is 36.4 Å². The van der Waals surface area contributed by atoms with Crippen molar-refractivity contribution in [2.75, 3.05) is 19.7 Å². The van der Waals surface area contributed by atoms with E-state index in [0.29, 0.717) is 13.1 Å². The molecule has 2 rings (SSSR count). The number of carbonyl (C=O) groups excluding carboxylic acids is 1. The molecule has 0 radical (unpaired) electrons. The molecule has 92 valence electrons. The minimum atomic E-state index is -0.548. The summed E-state index contributed by atoms with van der Waals surface area (Å²) < 4.78 is 5.07. The van der Waals surface area contributed by atoms with Crippen molar-refractivity contribution in [2.24, 2.45) is 0 Å². The van der Waals surface area contributed by atoms with Crippen LogP contribution in [0, 0.1) is 0 Å². The molecule has 5 nitrogen and oxygen atoms in total. The van der Waals surface area contributed by atoms with Gasteiger partial charge in [0.2, 0.25) is 0 Å². The Morgan fingerprint density at radius 2 is 2.12 bits per heavy atom. The fourth-order valence-electron chi connectivity index (χ4n) is 1.64. The quantitative estimate of drug-likeness (QED) is 0.700. The smallest absolute Gasteiger partial charge is 0.408 e. The van der Waals surface area contributed by atoms with Crippen LogP contribution in [0.5, 0.6) is 0 Å². The highest BCUT2D eigenvalue weighted by Gasteiger charge is 2.38. The number of alkyl carbamates (subject to hydrolysis) is 1. The summed E-state index contributed by atoms with van der Waals surface area (Å²) >= 11 is 0. The van der Waals surface area contributed by atoms with Crippen LogP contribution >= 0.6 is 0 Å². The van der Waals surface area contributed by atoms with Gasteiger partial charge in [-0.2, -0.15) is 0 Å². The Hall–Kier alpha value is -1.59. The van der Waals surface area contributed by atoms with E-state index in [2.05, 4.69) is 10.6 Å². The molecule has 1 aliphatic heterocycles. The molecule has 0 unspecified atom stereocenters. The molecule has 0 spiro atoms. The summed E-state index contributed by atoms with van der Waals surface area (Å²) in [6.07, 6.45) is -0.496. The Morgan fingerprint density at radius 1 is 1.41 bits per heavy atom. The Balaban J connectivity index is 1.78. The number of ether oxygens (including phenoxy) is 1. The molecule has 0 aliphatic carbocycles. The zero-order chi connectivity index (χ0) is 12.1. The van der Waals surface area contributed by atoms with Crippen molar-refractivity contribution in [3.8, 4) is 0 Å². The topological polar surface area (TPSA) is 70.6 Å². The molecule has 0 atom stereocenters. The van der Waals surface area contributed by atoms with Crippen LogP contribution in [0.3, 0.4) is 0 Å². The first-order chi connectivity index (χ1) is 8.24. The van der Waals surface area contributed by atoms with Crippen LogP contribution in [0.4, 0.5) is 4.79 Å². The Morgan fingerprint density at radius 3 is 2.65 bits per heavy atom. The van der Waals surface area contributed by atoms with Gasteiger partial charge < -0.3 is 20.5 Å². The summed E-state index contributed by atoms with van der Waals surface area (Å²) in [5.74, 6) is 0. The van der Waals surface area contributed by atoms with E-state index >= 15 is 0 Å². The van der Waals surface area contributed by atoms with Gasteiger partial charge in [-0.1, -0.05) is 30.3 Å². The van der Waals surface area contributed by atoms with Crippen molar-refractivity contribution in [1.29, 1.82) is 0 Å². The van der Waals surface area contributed by atoms with E-state index in [0.717, 1.165) is 5.56 Å². The number of rotatable bonds is 4. The second-order valence-corrected chi connectivity index (χ2v) is 4.23. The largest absolute Gasteiger partial charge is 0.445 e. The third-order valence-corrected chi connectivity index (χ3v) is 2.81. The molecule has 3 N–H and O–H groups in total. The molecular formula is C12H16N2O3. The van der Waals surface area contributed by atoms with Crippen molar-refractivity contribution in [2.45, 2.75) is 12.1 Å². The standard InChI is InChI=1S/C12H16N2O3/c15-9-12(7-13-8-12)14-11(16)17-6-10-4-2-1-3-5-10/h1-5,13,15H,6-9H2,(H,14,16). The fraction of sp³-hybridized carbons (Fsp3) is 0.417. The maximum absolute atomic E-state index is 11.5. The Kier molecular flexibility index (Phi) is 3.61. The number of aliphatic hydroxyl groups is 1. The van der Waals surface area contributed by atoms with Gasteiger partial charge in [0.25, 0.3) is 0 Å². The molecule has 17 heavy (non-hydrogen) atoms. The van der Waals surface area contributed by atoms with E-state index in [-0.39, 0.29) is 13.2 Å². The predicted molar refractivity (Wildman–Crippen MR) is 62.4 cm³/mol. The van der Waals surface area contributed by atoms with Gasteiger partial charge in [0.1, 0.15) is 6.61 Å². The fourth-order valence-corrected chi connectivity index (χ4v) is 1.64. The highest BCUT2D eigenvalue weighted by Crippen LogP contribution is 2.10. The normalized spacial score (nSPS) is 17.0. The minimum absolute atomic E-state index is 0.0829. The van der Waals surface area contributed by atoms with Crippen LogP contribution < -0.4 is 10.6 Å². The summed E-state index contributed by atoms with van der Waals surface area (Å²) in [5.41, 5.74) is 0.390. The molecule has 5 heteroatoms. The van der Waals surface area contributed by atoms with Gasteiger partial charge in [0, 0.05) is 13.1 Å². The zero-order valence-electron chi connectivity index (χ0n) is 9.48. The summed E-state index contributed by atoms with van der Waals surface area (Å²) in [6, 6.07) is 9.47. The number of carbonyl (C=O) groups is 1. The third kappa shape index (κ3) is 2.95. The molecule has 1 fully saturated rings. The molecule has 1 aromatic carbocycles. The number of benzene rings is 1. The average molecular weight is 236 g/mol. The van der Waals surface area contributed by atoms with Crippen molar-refractivity contribution in [3.63, 3.8) is 0 Å². The van der Waals surface area contributed by atoms with E-state index in [1.807, 2.05) is 30.3 Å². The minimum Gasteiger partial charge on any atom is -0.445 e. The number of hydrogen-bond acceptors (Lipinski definition) is 4. The third-order valence-electron chi connectivity index (χ3n) is 2.81. The zero-order valence-corrected chi connectivity index (χ0v) is 9.48. The maximum Gasteiger partial charge on any atom is 0.408 e. The highest BCUT2D eigenvalue weighted by molar-refractivity contribution is 5.68. The van der Waals surface area contributed by atoms with Crippen molar-refractivity contribution < 1.29 is 14.6 Å². The lowest BCUT2D eigenvalue weighted by molar-refractivity contribution is 0.0820. The van der Waals surface area contributed by atoms with E-state index in [9.17, 15) is 4.79 Å². The van der Waals surface area contributed by atoms with E-state index < -0.39 is 11.6 Å². The number of nitrogens with one attached hydrogen (secondary N) is 2. The first-order valence-corrected chi connectivity index (χ1v) is 5.55. The first-order valence-electron chi connectivity index (χ1n) is 5.55. The molecule has 1 amide bonds. The van der Waals surface area contributed by atoms with Crippen molar-refractivity contribution >= 4 is 6.09 Å². The number of hydrogen-bond donors (Lipinski definition) is 3. The SMILES string of the molecule is O=C(NC1(CO)CNC1)OCc1ccccc1. The molecule has 0 bridgehead atoms. The Labute approximate surface area is 99.8 Å². The lowest BCUT2D eigenvalue weighted by Crippen LogP contribution is -2.71. The van der Waals surface area contributed by atoms with Crippen molar-refractivity contribution in [1.82, 2.24) is 10.6 Å². The number of amides is 1. The van der Waals surface area contributed by atoms with Crippen LogP contribution in [0.1, 0.15) is 5.56 Å². The molecule has 1 aromatic rings. The summed E-state index contributed by atoms with van der Waals surface area (Å²) in [5, 5.41) is 14.8.